The summed E-state index contributed by atoms with van der Waals surface area (Å²) in [6.07, 6.45) is -0.733. The van der Waals surface area contributed by atoms with Crippen molar-refractivity contribution in [2.45, 2.75) is 25.3 Å². The second kappa shape index (κ2) is 10.6. The Morgan fingerprint density at radius 2 is 1.54 bits per heavy atom. The van der Waals surface area contributed by atoms with Crippen molar-refractivity contribution in [3.05, 3.63) is 88.9 Å². The minimum atomic E-state index is -1.15. The lowest BCUT2D eigenvalue weighted by Crippen LogP contribution is -2.41. The van der Waals surface area contributed by atoms with Gasteiger partial charge >= 0.3 is 12.1 Å². The molecule has 0 radical (unpaired) electrons. The van der Waals surface area contributed by atoms with Crippen LogP contribution in [0.2, 0.25) is 5.02 Å². The molecule has 0 unspecified atom stereocenters. The van der Waals surface area contributed by atoms with Gasteiger partial charge in [0.05, 0.1) is 0 Å². The van der Waals surface area contributed by atoms with Crippen LogP contribution in [0.4, 0.5) is 10.5 Å². The van der Waals surface area contributed by atoms with Crippen molar-refractivity contribution in [2.75, 3.05) is 18.1 Å². The van der Waals surface area contributed by atoms with Crippen LogP contribution in [0.1, 0.15) is 30.4 Å². The number of hydrogen-bond donors (Lipinski definition) is 2. The first-order valence-electron chi connectivity index (χ1n) is 11.2. The molecule has 0 aromatic heterocycles. The summed E-state index contributed by atoms with van der Waals surface area (Å²) in [6, 6.07) is 21.9. The van der Waals surface area contributed by atoms with Crippen molar-refractivity contribution >= 4 is 35.3 Å². The fourth-order valence-electron chi connectivity index (χ4n) is 4.34. The van der Waals surface area contributed by atoms with E-state index in [1.807, 2.05) is 36.4 Å². The molecular weight excluding hydrogens is 468 g/mol. The van der Waals surface area contributed by atoms with E-state index in [0.29, 0.717) is 10.7 Å². The summed E-state index contributed by atoms with van der Waals surface area (Å²) in [7, 11) is 0. The van der Waals surface area contributed by atoms with Gasteiger partial charge in [-0.05, 0) is 53.4 Å². The normalized spacial score (nSPS) is 12.9. The average Bonchev–Trinajstić information content (AvgIpc) is 3.15. The number of nitrogens with one attached hydrogen (secondary N) is 1. The second-order valence-electron chi connectivity index (χ2n) is 8.43. The first-order valence-corrected chi connectivity index (χ1v) is 11.6. The van der Waals surface area contributed by atoms with Gasteiger partial charge in [0.1, 0.15) is 13.2 Å². The van der Waals surface area contributed by atoms with Gasteiger partial charge in [0.15, 0.2) is 0 Å². The first kappa shape index (κ1) is 24.3. The molecule has 0 bridgehead atoms. The summed E-state index contributed by atoms with van der Waals surface area (Å²) >= 11 is 5.89. The van der Waals surface area contributed by atoms with Crippen LogP contribution in [0.25, 0.3) is 11.1 Å². The maximum Gasteiger partial charge on any atom is 0.407 e. The third-order valence-corrected chi connectivity index (χ3v) is 6.17. The number of alkyl carbamates (subject to hydrolysis) is 1. The van der Waals surface area contributed by atoms with Gasteiger partial charge in [0.2, 0.25) is 5.91 Å². The lowest BCUT2D eigenvalue weighted by atomic mass is 9.98. The number of ether oxygens (including phenoxy) is 1. The molecule has 7 nitrogen and oxygen atoms in total. The molecule has 0 aliphatic heterocycles. The van der Waals surface area contributed by atoms with E-state index in [-0.39, 0.29) is 18.9 Å². The molecule has 4 rings (SSSR count). The van der Waals surface area contributed by atoms with Crippen molar-refractivity contribution in [1.29, 1.82) is 0 Å². The fourth-order valence-corrected chi connectivity index (χ4v) is 4.47. The molecule has 0 saturated carbocycles. The molecule has 180 valence electrons. The topological polar surface area (TPSA) is 95.9 Å². The highest BCUT2D eigenvalue weighted by atomic mass is 35.5. The summed E-state index contributed by atoms with van der Waals surface area (Å²) in [4.78, 5) is 37.8. The molecule has 0 spiro atoms. The van der Waals surface area contributed by atoms with Crippen molar-refractivity contribution in [3.8, 4) is 11.1 Å². The van der Waals surface area contributed by atoms with Crippen molar-refractivity contribution in [1.82, 2.24) is 5.32 Å². The van der Waals surface area contributed by atoms with Gasteiger partial charge in [0, 0.05) is 29.1 Å². The lowest BCUT2D eigenvalue weighted by molar-refractivity contribution is -0.136. The minimum Gasteiger partial charge on any atom is -0.480 e. The predicted molar refractivity (Wildman–Crippen MR) is 134 cm³/mol. The number of anilines is 1. The lowest BCUT2D eigenvalue weighted by Gasteiger charge is -2.23. The number of carboxylic acids is 1. The zero-order chi connectivity index (χ0) is 24.9. The van der Waals surface area contributed by atoms with Gasteiger partial charge in [-0.1, -0.05) is 60.1 Å². The molecule has 0 heterocycles. The maximum absolute atomic E-state index is 12.8. The number of nitrogens with zero attached hydrogens (tertiary/aromatic N) is 1. The zero-order valence-corrected chi connectivity index (χ0v) is 19.9. The summed E-state index contributed by atoms with van der Waals surface area (Å²) in [6.45, 7) is 1.33. The van der Waals surface area contributed by atoms with Crippen LogP contribution >= 0.6 is 11.6 Å². The molecule has 8 heteroatoms. The molecule has 1 aliphatic rings. The van der Waals surface area contributed by atoms with E-state index < -0.39 is 30.6 Å². The highest BCUT2D eigenvalue weighted by Crippen LogP contribution is 2.44. The number of halogens is 1. The van der Waals surface area contributed by atoms with Crippen LogP contribution in [-0.2, 0) is 14.3 Å². The number of carbonyl (C=O) groups excluding carboxylic acids is 2. The van der Waals surface area contributed by atoms with Crippen molar-refractivity contribution in [3.63, 3.8) is 0 Å². The van der Waals surface area contributed by atoms with E-state index in [1.165, 1.54) is 0 Å². The number of carboxylic acid groups (broad SMARTS) is 1. The number of fused-ring (bicyclic) bond motifs is 3. The third kappa shape index (κ3) is 5.63. The van der Waals surface area contributed by atoms with Crippen LogP contribution in [0.5, 0.6) is 0 Å². The summed E-state index contributed by atoms with van der Waals surface area (Å²) in [5.74, 6) is -1.66. The SMILES string of the molecule is C[C@H](CC(=O)N(CC(=O)O)c1ccc(Cl)cc1)NC(=O)OCC1c2ccccc2-c2ccccc21. The number of hydrogen-bond acceptors (Lipinski definition) is 4. The van der Waals surface area contributed by atoms with E-state index in [0.717, 1.165) is 27.2 Å². The minimum absolute atomic E-state index is 0.0685. The average molecular weight is 493 g/mol. The number of benzene rings is 3. The van der Waals surface area contributed by atoms with Crippen molar-refractivity contribution in [2.24, 2.45) is 0 Å². The molecule has 2 amide bonds. The van der Waals surface area contributed by atoms with Gasteiger partial charge in [-0.3, -0.25) is 9.59 Å². The Kier molecular flexibility index (Phi) is 7.36. The molecule has 3 aromatic rings. The van der Waals surface area contributed by atoms with Crippen molar-refractivity contribution < 1.29 is 24.2 Å². The summed E-state index contributed by atoms with van der Waals surface area (Å²) < 4.78 is 5.53. The quantitative estimate of drug-likeness (QED) is 0.457. The highest BCUT2D eigenvalue weighted by molar-refractivity contribution is 6.30. The first-order chi connectivity index (χ1) is 16.8. The van der Waals surface area contributed by atoms with E-state index in [1.54, 1.807) is 31.2 Å². The van der Waals surface area contributed by atoms with Gasteiger partial charge in [-0.25, -0.2) is 4.79 Å². The Hall–Kier alpha value is -3.84. The van der Waals surface area contributed by atoms with Crippen LogP contribution in [0, 0.1) is 0 Å². The third-order valence-electron chi connectivity index (χ3n) is 5.92. The second-order valence-corrected chi connectivity index (χ2v) is 8.86. The molecule has 3 aromatic carbocycles. The Morgan fingerprint density at radius 3 is 2.11 bits per heavy atom. The molecule has 2 N–H and O–H groups in total. The van der Waals surface area contributed by atoms with Gasteiger partial charge < -0.3 is 20.1 Å². The molecule has 35 heavy (non-hydrogen) atoms. The van der Waals surface area contributed by atoms with Crippen LogP contribution in [-0.4, -0.2) is 42.3 Å². The van der Waals surface area contributed by atoms with Gasteiger partial charge in [0.25, 0.3) is 0 Å². The van der Waals surface area contributed by atoms with E-state index in [4.69, 9.17) is 16.3 Å². The van der Waals surface area contributed by atoms with Gasteiger partial charge in [-0.15, -0.1) is 0 Å². The summed E-state index contributed by atoms with van der Waals surface area (Å²) in [5.41, 5.74) is 4.90. The van der Waals surface area contributed by atoms with Crippen LogP contribution in [0.3, 0.4) is 0 Å². The Labute approximate surface area is 208 Å². The standard InChI is InChI=1S/C27H25ClN2O5/c1-17(14-25(31)30(15-26(32)33)19-12-10-18(28)11-13-19)29-27(34)35-16-24-22-8-4-2-6-20(22)21-7-3-5-9-23(21)24/h2-13,17,24H,14-16H2,1H3,(H,29,34)(H,32,33)/t17-/m1/s1. The molecule has 0 saturated heterocycles. The molecular formula is C27H25ClN2O5. The Bertz CT molecular complexity index is 1200. The van der Waals surface area contributed by atoms with E-state index in [2.05, 4.69) is 17.4 Å². The summed E-state index contributed by atoms with van der Waals surface area (Å²) in [5, 5.41) is 12.4. The zero-order valence-electron chi connectivity index (χ0n) is 19.1. The van der Waals surface area contributed by atoms with Crippen LogP contribution < -0.4 is 10.2 Å². The fraction of sp³-hybridized carbons (Fsp3) is 0.222. The van der Waals surface area contributed by atoms with E-state index in [9.17, 15) is 19.5 Å². The molecule has 1 aliphatic carbocycles. The number of carbonyl (C=O) groups is 3. The monoisotopic (exact) mass is 492 g/mol. The number of amides is 2. The largest absolute Gasteiger partial charge is 0.480 e. The number of aliphatic carboxylic acids is 1. The number of rotatable bonds is 8. The van der Waals surface area contributed by atoms with Crippen LogP contribution in [0.15, 0.2) is 72.8 Å². The van der Waals surface area contributed by atoms with Gasteiger partial charge in [-0.2, -0.15) is 0 Å². The maximum atomic E-state index is 12.8. The predicted octanol–water partition coefficient (Wildman–Crippen LogP) is 5.07. The molecule has 1 atom stereocenters. The molecule has 0 fully saturated rings. The smallest absolute Gasteiger partial charge is 0.407 e. The Balaban J connectivity index is 1.36. The Morgan fingerprint density at radius 1 is 0.971 bits per heavy atom. The van der Waals surface area contributed by atoms with E-state index >= 15 is 0 Å². The highest BCUT2D eigenvalue weighted by Gasteiger charge is 2.29.